The Morgan fingerprint density at radius 2 is 1.80 bits per heavy atom. The molecule has 2 N–H and O–H groups in total. The molecule has 1 saturated heterocycles. The maximum absolute atomic E-state index is 13.3. The van der Waals surface area contributed by atoms with Crippen molar-refractivity contribution in [1.29, 1.82) is 0 Å². The Morgan fingerprint density at radius 1 is 0.975 bits per heavy atom. The van der Waals surface area contributed by atoms with Crippen molar-refractivity contribution >= 4 is 17.5 Å². The van der Waals surface area contributed by atoms with Crippen LogP contribution in [-0.4, -0.2) is 60.1 Å². The van der Waals surface area contributed by atoms with Crippen molar-refractivity contribution in [3.63, 3.8) is 0 Å². The molecule has 0 spiro atoms. The van der Waals surface area contributed by atoms with Crippen molar-refractivity contribution in [2.75, 3.05) is 25.3 Å². The van der Waals surface area contributed by atoms with Crippen LogP contribution in [0.15, 0.2) is 60.7 Å². The van der Waals surface area contributed by atoms with E-state index in [9.17, 15) is 14.7 Å². The van der Waals surface area contributed by atoms with E-state index in [1.807, 2.05) is 29.2 Å². The van der Waals surface area contributed by atoms with Gasteiger partial charge < -0.3 is 34.3 Å². The molecule has 9 nitrogen and oxygen atoms in total. The second-order valence-corrected chi connectivity index (χ2v) is 10.7. The molecule has 3 aromatic rings. The quantitative estimate of drug-likeness (QED) is 0.507. The van der Waals surface area contributed by atoms with E-state index in [0.717, 1.165) is 12.0 Å². The van der Waals surface area contributed by atoms with Gasteiger partial charge in [0.2, 0.25) is 12.7 Å². The molecule has 0 unspecified atom stereocenters. The maximum Gasteiger partial charge on any atom is 0.255 e. The number of anilines is 1. The summed E-state index contributed by atoms with van der Waals surface area (Å²) in [5.41, 5.74) is 4.53. The fourth-order valence-corrected chi connectivity index (χ4v) is 6.24. The third-order valence-electron chi connectivity index (χ3n) is 8.28. The molecule has 3 aromatic carbocycles. The molecule has 1 fully saturated rings. The Kier molecular flexibility index (Phi) is 6.32. The highest BCUT2D eigenvalue weighted by Crippen LogP contribution is 2.47. The first-order chi connectivity index (χ1) is 19.6. The summed E-state index contributed by atoms with van der Waals surface area (Å²) >= 11 is 0. The smallest absolute Gasteiger partial charge is 0.255 e. The van der Waals surface area contributed by atoms with Crippen molar-refractivity contribution in [3.05, 3.63) is 82.9 Å². The largest absolute Gasteiger partial charge is 0.487 e. The molecular weight excluding hydrogens is 512 g/mol. The number of ether oxygens (including phenoxy) is 4. The third kappa shape index (κ3) is 4.55. The predicted octanol–water partition coefficient (Wildman–Crippen LogP) is 3.64. The standard InChI is InChI=1S/C31H30N2O7/c34-16-28-30-24(13-22(39-28)14-29(35)33-10-9-18-3-1-2-4-20(18)15-33)23-12-21(6-8-25(23)40-30)32-31(36)19-5-7-26-27(11-19)38-17-37-26/h1-8,11-12,22,24,28,30,34H,9-10,13-17H2,(H,32,36)/t22-,24-,28+,30+/m0/s1. The summed E-state index contributed by atoms with van der Waals surface area (Å²) < 4.78 is 23.1. The van der Waals surface area contributed by atoms with Gasteiger partial charge >= 0.3 is 0 Å². The average Bonchev–Trinajstić information content (AvgIpc) is 3.60. The summed E-state index contributed by atoms with van der Waals surface area (Å²) in [7, 11) is 0. The van der Waals surface area contributed by atoms with E-state index < -0.39 is 6.10 Å². The monoisotopic (exact) mass is 542 g/mol. The van der Waals surface area contributed by atoms with Crippen LogP contribution in [0.25, 0.3) is 0 Å². The van der Waals surface area contributed by atoms with Gasteiger partial charge in [0.1, 0.15) is 18.0 Å². The molecule has 40 heavy (non-hydrogen) atoms. The number of benzene rings is 3. The molecule has 4 aliphatic heterocycles. The van der Waals surface area contributed by atoms with Gasteiger partial charge in [0.25, 0.3) is 5.91 Å². The number of fused-ring (bicyclic) bond motifs is 5. The van der Waals surface area contributed by atoms with Crippen LogP contribution in [0, 0.1) is 0 Å². The van der Waals surface area contributed by atoms with E-state index in [4.69, 9.17) is 18.9 Å². The lowest BCUT2D eigenvalue weighted by molar-refractivity contribution is -0.149. The van der Waals surface area contributed by atoms with Gasteiger partial charge in [-0.25, -0.2) is 0 Å². The Bertz CT molecular complexity index is 1470. The van der Waals surface area contributed by atoms with Crippen LogP contribution in [0.2, 0.25) is 0 Å². The van der Waals surface area contributed by atoms with Gasteiger partial charge in [0.05, 0.1) is 19.1 Å². The fourth-order valence-electron chi connectivity index (χ4n) is 6.24. The highest BCUT2D eigenvalue weighted by Gasteiger charge is 2.46. The normalized spacial score (nSPS) is 24.0. The van der Waals surface area contributed by atoms with Crippen LogP contribution in [0.5, 0.6) is 17.2 Å². The number of nitrogens with zero attached hydrogens (tertiary/aromatic N) is 1. The fraction of sp³-hybridized carbons (Fsp3) is 0.355. The average molecular weight is 543 g/mol. The lowest BCUT2D eigenvalue weighted by Gasteiger charge is -2.38. The lowest BCUT2D eigenvalue weighted by Crippen LogP contribution is -2.48. The van der Waals surface area contributed by atoms with Gasteiger partial charge in [-0.2, -0.15) is 0 Å². The van der Waals surface area contributed by atoms with E-state index >= 15 is 0 Å². The van der Waals surface area contributed by atoms with E-state index in [1.54, 1.807) is 24.3 Å². The van der Waals surface area contributed by atoms with Gasteiger partial charge in [-0.15, -0.1) is 0 Å². The molecule has 2 amide bonds. The third-order valence-corrected chi connectivity index (χ3v) is 8.28. The Labute approximate surface area is 231 Å². The van der Waals surface area contributed by atoms with Crippen LogP contribution in [0.4, 0.5) is 5.69 Å². The van der Waals surface area contributed by atoms with E-state index in [-0.39, 0.29) is 49.8 Å². The van der Waals surface area contributed by atoms with Gasteiger partial charge in [0.15, 0.2) is 11.5 Å². The Hall–Kier alpha value is -4.08. The summed E-state index contributed by atoms with van der Waals surface area (Å²) in [6, 6.07) is 18.9. The summed E-state index contributed by atoms with van der Waals surface area (Å²) in [5, 5.41) is 13.1. The van der Waals surface area contributed by atoms with Crippen molar-refractivity contribution < 1.29 is 33.6 Å². The first-order valence-electron chi connectivity index (χ1n) is 13.7. The lowest BCUT2D eigenvalue weighted by atomic mass is 9.84. The number of rotatable bonds is 5. The Balaban J connectivity index is 1.05. The van der Waals surface area contributed by atoms with E-state index in [1.165, 1.54) is 11.1 Å². The first kappa shape index (κ1) is 24.9. The molecule has 7 rings (SSSR count). The molecule has 0 saturated carbocycles. The number of hydrogen-bond donors (Lipinski definition) is 2. The molecule has 4 atom stereocenters. The summed E-state index contributed by atoms with van der Waals surface area (Å²) in [6.45, 7) is 1.24. The van der Waals surface area contributed by atoms with Crippen molar-refractivity contribution in [2.24, 2.45) is 0 Å². The summed E-state index contributed by atoms with van der Waals surface area (Å²) in [5.74, 6) is 1.60. The van der Waals surface area contributed by atoms with Crippen LogP contribution < -0.4 is 19.5 Å². The number of nitrogens with one attached hydrogen (secondary N) is 1. The molecule has 0 aromatic heterocycles. The zero-order valence-electron chi connectivity index (χ0n) is 21.9. The van der Waals surface area contributed by atoms with Crippen LogP contribution in [0.3, 0.4) is 0 Å². The minimum Gasteiger partial charge on any atom is -0.487 e. The zero-order chi connectivity index (χ0) is 27.2. The first-order valence-corrected chi connectivity index (χ1v) is 13.7. The van der Waals surface area contributed by atoms with Crippen molar-refractivity contribution in [1.82, 2.24) is 4.90 Å². The van der Waals surface area contributed by atoms with Crippen LogP contribution >= 0.6 is 0 Å². The molecule has 4 aliphatic rings. The highest BCUT2D eigenvalue weighted by molar-refractivity contribution is 6.04. The van der Waals surface area contributed by atoms with Crippen LogP contribution in [0.1, 0.15) is 45.8 Å². The number of hydrogen-bond acceptors (Lipinski definition) is 7. The van der Waals surface area contributed by atoms with Crippen molar-refractivity contribution in [3.8, 4) is 17.2 Å². The van der Waals surface area contributed by atoms with E-state index in [0.29, 0.717) is 48.0 Å². The number of aliphatic hydroxyl groups is 1. The minimum atomic E-state index is -0.544. The van der Waals surface area contributed by atoms with Gasteiger partial charge in [0, 0.05) is 35.8 Å². The number of carbonyl (C=O) groups is 2. The summed E-state index contributed by atoms with van der Waals surface area (Å²) in [6.07, 6.45) is 0.441. The molecule has 0 radical (unpaired) electrons. The number of amides is 2. The second-order valence-electron chi connectivity index (χ2n) is 10.7. The van der Waals surface area contributed by atoms with Gasteiger partial charge in [-0.05, 0) is 60.4 Å². The molecular formula is C31H30N2O7. The number of carbonyl (C=O) groups excluding carboxylic acids is 2. The predicted molar refractivity (Wildman–Crippen MR) is 145 cm³/mol. The molecule has 4 heterocycles. The van der Waals surface area contributed by atoms with E-state index in [2.05, 4.69) is 17.4 Å². The van der Waals surface area contributed by atoms with Crippen molar-refractivity contribution in [2.45, 2.75) is 50.0 Å². The Morgan fingerprint density at radius 3 is 2.67 bits per heavy atom. The highest BCUT2D eigenvalue weighted by atomic mass is 16.7. The molecule has 0 bridgehead atoms. The summed E-state index contributed by atoms with van der Waals surface area (Å²) in [4.78, 5) is 28.1. The zero-order valence-corrected chi connectivity index (χ0v) is 21.9. The molecule has 9 heteroatoms. The maximum atomic E-state index is 13.3. The SMILES string of the molecule is O=C(Nc1ccc2c(c1)[C@@H]1C[C@@H](CC(=O)N3CCc4ccccc4C3)O[C@H](CO)[C@@H]1O2)c1ccc2c(c1)OCO2. The van der Waals surface area contributed by atoms with Gasteiger partial charge in [-0.1, -0.05) is 24.3 Å². The number of aliphatic hydroxyl groups excluding tert-OH is 1. The van der Waals surface area contributed by atoms with Gasteiger partial charge in [-0.3, -0.25) is 9.59 Å². The second kappa shape index (κ2) is 10.1. The molecule has 206 valence electrons. The minimum absolute atomic E-state index is 0.0542. The molecule has 0 aliphatic carbocycles. The van der Waals surface area contributed by atoms with Crippen LogP contribution in [-0.2, 0) is 22.5 Å². The topological polar surface area (TPSA) is 107 Å².